The molecule has 98 valence electrons. The fourth-order valence-electron chi connectivity index (χ4n) is 1.46. The highest BCUT2D eigenvalue weighted by Gasteiger charge is 2.23. The number of carbonyl (C=O) groups is 1. The normalized spacial score (nSPS) is 10.1. The fourth-order valence-corrected chi connectivity index (χ4v) is 1.46. The smallest absolute Gasteiger partial charge is 0.304 e. The van der Waals surface area contributed by atoms with E-state index in [0.29, 0.717) is 0 Å². The van der Waals surface area contributed by atoms with Gasteiger partial charge in [-0.15, -0.1) is 10.2 Å². The molecule has 0 spiro atoms. The van der Waals surface area contributed by atoms with Crippen LogP contribution in [0.25, 0.3) is 0 Å². The Morgan fingerprint density at radius 1 is 1.53 bits per heavy atom. The Kier molecular flexibility index (Phi) is 3.32. The maximum Gasteiger partial charge on any atom is 0.304 e. The third kappa shape index (κ3) is 2.62. The number of nitrogen functional groups attached to an aromatic ring is 1. The molecule has 0 aliphatic heterocycles. The van der Waals surface area contributed by atoms with Crippen LogP contribution in [0, 0.1) is 10.1 Å². The summed E-state index contributed by atoms with van der Waals surface area (Å²) in [6, 6.07) is 4.14. The highest BCUT2D eigenvalue weighted by Crippen LogP contribution is 2.25. The minimum absolute atomic E-state index is 0.00128. The maximum atomic E-state index is 11.9. The molecule has 0 unspecified atom stereocenters. The number of nitro benzene ring substituents is 1. The van der Waals surface area contributed by atoms with Gasteiger partial charge in [0.05, 0.1) is 11.5 Å². The number of para-hydroxylation sites is 1. The number of H-pyrrole nitrogens is 1. The summed E-state index contributed by atoms with van der Waals surface area (Å²) in [6.07, 6.45) is 0. The quantitative estimate of drug-likeness (QED) is 0.386. The van der Waals surface area contributed by atoms with E-state index in [9.17, 15) is 14.9 Å². The molecule has 0 aliphatic carbocycles. The molecular weight excluding hydrogens is 254 g/mol. The van der Waals surface area contributed by atoms with Crippen LogP contribution >= 0.6 is 0 Å². The van der Waals surface area contributed by atoms with Crippen molar-refractivity contribution in [3.63, 3.8) is 0 Å². The number of rotatable bonds is 4. The molecular formula is C9H9N7O3. The van der Waals surface area contributed by atoms with Crippen molar-refractivity contribution in [3.05, 3.63) is 39.7 Å². The van der Waals surface area contributed by atoms with E-state index < -0.39 is 16.5 Å². The first kappa shape index (κ1) is 12.4. The van der Waals surface area contributed by atoms with Crippen LogP contribution in [0.2, 0.25) is 0 Å². The number of aromatic nitrogens is 4. The number of tetrazole rings is 1. The number of carbonyl (C=O) groups excluding carboxylic acids is 1. The average Bonchev–Trinajstić information content (AvgIpc) is 2.88. The summed E-state index contributed by atoms with van der Waals surface area (Å²) in [6.45, 7) is 0.00128. The lowest BCUT2D eigenvalue weighted by Crippen LogP contribution is -2.24. The minimum Gasteiger partial charge on any atom is -0.393 e. The summed E-state index contributed by atoms with van der Waals surface area (Å²) < 4.78 is 0. The summed E-state index contributed by atoms with van der Waals surface area (Å²) in [5.74, 6) is -0.372. The molecule has 4 N–H and O–H groups in total. The molecule has 0 saturated carbocycles. The monoisotopic (exact) mass is 263 g/mol. The number of anilines is 1. The topological polar surface area (TPSA) is 153 Å². The molecule has 1 heterocycles. The van der Waals surface area contributed by atoms with Gasteiger partial charge in [-0.25, -0.2) is 0 Å². The molecule has 0 aliphatic rings. The first-order valence-electron chi connectivity index (χ1n) is 5.13. The Bertz CT molecular complexity index is 610. The Morgan fingerprint density at radius 2 is 2.32 bits per heavy atom. The molecule has 2 rings (SSSR count). The van der Waals surface area contributed by atoms with E-state index in [2.05, 4.69) is 25.9 Å². The number of aromatic amines is 1. The number of nitrogens with two attached hydrogens (primary N) is 1. The summed E-state index contributed by atoms with van der Waals surface area (Å²) in [5, 5.41) is 26.1. The third-order valence-electron chi connectivity index (χ3n) is 2.29. The Hall–Kier alpha value is -3.04. The number of benzene rings is 1. The van der Waals surface area contributed by atoms with Crippen molar-refractivity contribution in [3.8, 4) is 0 Å². The van der Waals surface area contributed by atoms with E-state index in [4.69, 9.17) is 5.73 Å². The van der Waals surface area contributed by atoms with Gasteiger partial charge >= 0.3 is 5.69 Å². The first-order chi connectivity index (χ1) is 9.09. The molecule has 0 saturated heterocycles. The lowest BCUT2D eigenvalue weighted by molar-refractivity contribution is -0.384. The lowest BCUT2D eigenvalue weighted by Gasteiger charge is -2.05. The number of nitro groups is 1. The van der Waals surface area contributed by atoms with Gasteiger partial charge in [0, 0.05) is 0 Å². The predicted octanol–water partition coefficient (Wildman–Crippen LogP) is -0.380. The van der Waals surface area contributed by atoms with Crippen LogP contribution in [0.15, 0.2) is 18.2 Å². The Balaban J connectivity index is 2.19. The highest BCUT2D eigenvalue weighted by atomic mass is 16.6. The second-order valence-corrected chi connectivity index (χ2v) is 3.51. The second kappa shape index (κ2) is 5.08. The summed E-state index contributed by atoms with van der Waals surface area (Å²) in [5.41, 5.74) is 4.88. The van der Waals surface area contributed by atoms with Crippen molar-refractivity contribution >= 4 is 17.3 Å². The van der Waals surface area contributed by atoms with Crippen molar-refractivity contribution in [2.24, 2.45) is 0 Å². The molecule has 0 fully saturated rings. The van der Waals surface area contributed by atoms with Gasteiger partial charge in [0.1, 0.15) is 11.3 Å². The van der Waals surface area contributed by atoms with Gasteiger partial charge < -0.3 is 11.1 Å². The zero-order valence-corrected chi connectivity index (χ0v) is 9.53. The largest absolute Gasteiger partial charge is 0.393 e. The summed E-state index contributed by atoms with van der Waals surface area (Å²) in [4.78, 5) is 22.1. The Labute approximate surface area is 106 Å². The van der Waals surface area contributed by atoms with E-state index in [1.54, 1.807) is 0 Å². The van der Waals surface area contributed by atoms with Crippen molar-refractivity contribution in [2.75, 3.05) is 5.73 Å². The Morgan fingerprint density at radius 3 is 2.95 bits per heavy atom. The van der Waals surface area contributed by atoms with Gasteiger partial charge in [-0.05, 0) is 12.1 Å². The van der Waals surface area contributed by atoms with Crippen LogP contribution in [-0.2, 0) is 6.54 Å². The molecule has 0 atom stereocenters. The minimum atomic E-state index is -0.696. The number of hydrogen-bond acceptors (Lipinski definition) is 7. The zero-order chi connectivity index (χ0) is 13.8. The lowest BCUT2D eigenvalue weighted by atomic mass is 10.1. The molecule has 1 aromatic carbocycles. The molecule has 1 aromatic heterocycles. The molecule has 0 bridgehead atoms. The van der Waals surface area contributed by atoms with E-state index in [1.165, 1.54) is 18.2 Å². The molecule has 10 heteroatoms. The van der Waals surface area contributed by atoms with Crippen molar-refractivity contribution in [2.45, 2.75) is 6.54 Å². The number of amides is 1. The van der Waals surface area contributed by atoms with E-state index in [0.717, 1.165) is 0 Å². The van der Waals surface area contributed by atoms with Gasteiger partial charge in [-0.1, -0.05) is 11.3 Å². The van der Waals surface area contributed by atoms with Crippen LogP contribution in [-0.4, -0.2) is 31.5 Å². The molecule has 1 amide bonds. The molecule has 19 heavy (non-hydrogen) atoms. The van der Waals surface area contributed by atoms with Gasteiger partial charge in [-0.2, -0.15) is 5.21 Å². The van der Waals surface area contributed by atoms with Crippen LogP contribution in [0.4, 0.5) is 11.4 Å². The van der Waals surface area contributed by atoms with Crippen molar-refractivity contribution in [1.82, 2.24) is 25.9 Å². The van der Waals surface area contributed by atoms with E-state index >= 15 is 0 Å². The number of hydrogen-bond donors (Lipinski definition) is 3. The number of nitrogens with zero attached hydrogens (tertiary/aromatic N) is 4. The van der Waals surface area contributed by atoms with Gasteiger partial charge in [0.15, 0.2) is 5.82 Å². The average molecular weight is 263 g/mol. The van der Waals surface area contributed by atoms with Crippen LogP contribution in [0.5, 0.6) is 0 Å². The zero-order valence-electron chi connectivity index (χ0n) is 9.53. The molecule has 2 aromatic rings. The fraction of sp³-hybridized carbons (Fsp3) is 0.111. The second-order valence-electron chi connectivity index (χ2n) is 3.51. The van der Waals surface area contributed by atoms with Crippen LogP contribution in [0.1, 0.15) is 16.2 Å². The summed E-state index contributed by atoms with van der Waals surface area (Å²) in [7, 11) is 0. The van der Waals surface area contributed by atoms with Gasteiger partial charge in [0.25, 0.3) is 5.91 Å². The van der Waals surface area contributed by atoms with Crippen LogP contribution in [0.3, 0.4) is 0 Å². The third-order valence-corrected chi connectivity index (χ3v) is 2.29. The maximum absolute atomic E-state index is 11.9. The predicted molar refractivity (Wildman–Crippen MR) is 62.9 cm³/mol. The number of nitrogens with one attached hydrogen (secondary N) is 2. The van der Waals surface area contributed by atoms with Gasteiger partial charge in [-0.3, -0.25) is 14.9 Å². The SMILES string of the molecule is Nc1cccc(C(=O)NCc2nn[nH]n2)c1[N+](=O)[O-]. The van der Waals surface area contributed by atoms with Crippen LogP contribution < -0.4 is 11.1 Å². The molecule has 10 nitrogen and oxygen atoms in total. The van der Waals surface area contributed by atoms with Crippen molar-refractivity contribution < 1.29 is 9.72 Å². The van der Waals surface area contributed by atoms with E-state index in [-0.39, 0.29) is 23.6 Å². The van der Waals surface area contributed by atoms with Crippen molar-refractivity contribution in [1.29, 1.82) is 0 Å². The van der Waals surface area contributed by atoms with E-state index in [1.807, 2.05) is 0 Å². The standard InChI is InChI=1S/C9H9N7O3/c10-6-3-1-2-5(8(6)16(18)19)9(17)11-4-7-12-14-15-13-7/h1-3H,4,10H2,(H,11,17)(H,12,13,14,15). The van der Waals surface area contributed by atoms with Gasteiger partial charge in [0.2, 0.25) is 0 Å². The highest BCUT2D eigenvalue weighted by molar-refractivity contribution is 6.00. The first-order valence-corrected chi connectivity index (χ1v) is 5.13. The summed E-state index contributed by atoms with van der Waals surface area (Å²) >= 11 is 0. The molecule has 0 radical (unpaired) electrons.